The highest BCUT2D eigenvalue weighted by Gasteiger charge is 2.37. The summed E-state index contributed by atoms with van der Waals surface area (Å²) in [7, 11) is 0. The van der Waals surface area contributed by atoms with Crippen LogP contribution in [0, 0.1) is 34.2 Å². The molecule has 1 aromatic carbocycles. The van der Waals surface area contributed by atoms with Gasteiger partial charge in [0.1, 0.15) is 5.41 Å². The molecule has 1 rings (SSSR count). The van der Waals surface area contributed by atoms with Gasteiger partial charge in [-0.05, 0) is 12.8 Å². The van der Waals surface area contributed by atoms with Crippen LogP contribution in [-0.2, 0) is 4.79 Å². The number of nitrogens with one attached hydrogen (secondary N) is 1. The summed E-state index contributed by atoms with van der Waals surface area (Å²) in [5.74, 6) is -5.00. The van der Waals surface area contributed by atoms with E-state index in [1.165, 1.54) is 0 Å². The number of anilines is 1. The van der Waals surface area contributed by atoms with Crippen LogP contribution in [0.2, 0.25) is 0 Å². The summed E-state index contributed by atoms with van der Waals surface area (Å²) in [6.07, 6.45) is 1.92. The molecule has 0 fully saturated rings. The molecule has 1 aromatic rings. The van der Waals surface area contributed by atoms with E-state index < -0.39 is 28.8 Å². The lowest BCUT2D eigenvalue weighted by molar-refractivity contribution is -0.123. The lowest BCUT2D eigenvalue weighted by atomic mass is 9.79. The Morgan fingerprint density at radius 2 is 1.67 bits per heavy atom. The fourth-order valence-electron chi connectivity index (χ4n) is 2.25. The maximum Gasteiger partial charge on any atom is 0.244 e. The van der Waals surface area contributed by atoms with Crippen LogP contribution in [0.5, 0.6) is 0 Å². The topological polar surface area (TPSA) is 52.9 Å². The molecule has 0 unspecified atom stereocenters. The van der Waals surface area contributed by atoms with E-state index in [1.807, 2.05) is 19.9 Å². The monoisotopic (exact) mass is 298 g/mol. The Balaban J connectivity index is 3.05. The predicted molar refractivity (Wildman–Crippen MR) is 72.8 cm³/mol. The van der Waals surface area contributed by atoms with E-state index in [9.17, 15) is 23.2 Å². The second-order valence-electron chi connectivity index (χ2n) is 4.90. The van der Waals surface area contributed by atoms with Crippen molar-refractivity contribution in [3.63, 3.8) is 0 Å². The van der Waals surface area contributed by atoms with Gasteiger partial charge in [-0.1, -0.05) is 26.7 Å². The SMILES string of the molecule is CCCC(C#N)(CCC)C(=O)Nc1cc(F)c(F)c(F)c1. The zero-order valence-corrected chi connectivity index (χ0v) is 12.0. The van der Waals surface area contributed by atoms with Gasteiger partial charge in [0, 0.05) is 17.8 Å². The van der Waals surface area contributed by atoms with Gasteiger partial charge in [0.2, 0.25) is 5.91 Å². The van der Waals surface area contributed by atoms with E-state index in [2.05, 4.69) is 5.32 Å². The van der Waals surface area contributed by atoms with E-state index in [0.29, 0.717) is 37.8 Å². The average Bonchev–Trinajstić information content (AvgIpc) is 2.44. The normalized spacial score (nSPS) is 11.0. The van der Waals surface area contributed by atoms with Gasteiger partial charge >= 0.3 is 0 Å². The number of halogens is 3. The summed E-state index contributed by atoms with van der Waals surface area (Å²) in [6, 6.07) is 3.39. The number of hydrogen-bond donors (Lipinski definition) is 1. The molecule has 6 heteroatoms. The zero-order valence-electron chi connectivity index (χ0n) is 12.0. The van der Waals surface area contributed by atoms with Crippen LogP contribution in [0.25, 0.3) is 0 Å². The maximum atomic E-state index is 13.1. The minimum Gasteiger partial charge on any atom is -0.324 e. The van der Waals surface area contributed by atoms with Crippen molar-refractivity contribution in [2.75, 3.05) is 5.32 Å². The molecule has 0 radical (unpaired) electrons. The molecule has 0 atom stereocenters. The van der Waals surface area contributed by atoms with Crippen molar-refractivity contribution >= 4 is 11.6 Å². The highest BCUT2D eigenvalue weighted by Crippen LogP contribution is 2.31. The molecule has 0 aliphatic rings. The Morgan fingerprint density at radius 1 is 1.19 bits per heavy atom. The molecule has 0 aromatic heterocycles. The molecule has 21 heavy (non-hydrogen) atoms. The largest absolute Gasteiger partial charge is 0.324 e. The molecule has 0 aliphatic heterocycles. The summed E-state index contributed by atoms with van der Waals surface area (Å²) in [5, 5.41) is 11.6. The number of carbonyl (C=O) groups is 1. The first kappa shape index (κ1) is 17.0. The first-order valence-corrected chi connectivity index (χ1v) is 6.77. The number of amides is 1. The molecule has 0 heterocycles. The summed E-state index contributed by atoms with van der Waals surface area (Å²) >= 11 is 0. The lowest BCUT2D eigenvalue weighted by Crippen LogP contribution is -2.35. The molecule has 0 aliphatic carbocycles. The second kappa shape index (κ2) is 7.11. The van der Waals surface area contributed by atoms with Crippen molar-refractivity contribution in [3.05, 3.63) is 29.6 Å². The van der Waals surface area contributed by atoms with Crippen LogP contribution in [0.4, 0.5) is 18.9 Å². The maximum absolute atomic E-state index is 13.1. The Morgan fingerprint density at radius 3 is 2.05 bits per heavy atom. The summed E-state index contributed by atoms with van der Waals surface area (Å²) in [6.45, 7) is 3.68. The molecule has 0 bridgehead atoms. The fraction of sp³-hybridized carbons (Fsp3) is 0.467. The minimum absolute atomic E-state index is 0.205. The third-order valence-corrected chi connectivity index (χ3v) is 3.24. The van der Waals surface area contributed by atoms with Gasteiger partial charge in [-0.2, -0.15) is 5.26 Å². The van der Waals surface area contributed by atoms with E-state index >= 15 is 0 Å². The minimum atomic E-state index is -1.60. The molecule has 0 saturated heterocycles. The average molecular weight is 298 g/mol. The fourth-order valence-corrected chi connectivity index (χ4v) is 2.25. The smallest absolute Gasteiger partial charge is 0.244 e. The van der Waals surface area contributed by atoms with Gasteiger partial charge < -0.3 is 5.32 Å². The van der Waals surface area contributed by atoms with Crippen LogP contribution in [0.15, 0.2) is 12.1 Å². The lowest BCUT2D eigenvalue weighted by Gasteiger charge is -2.24. The standard InChI is InChI=1S/C15H17F3N2O/c1-3-5-15(9-19,6-4-2)14(21)20-10-7-11(16)13(18)12(17)8-10/h7-8H,3-6H2,1-2H3,(H,20,21). The molecule has 3 nitrogen and oxygen atoms in total. The van der Waals surface area contributed by atoms with E-state index in [0.717, 1.165) is 0 Å². The van der Waals surface area contributed by atoms with Crippen molar-refractivity contribution in [3.8, 4) is 6.07 Å². The van der Waals surface area contributed by atoms with Crippen molar-refractivity contribution in [2.24, 2.45) is 5.41 Å². The predicted octanol–water partition coefficient (Wildman–Crippen LogP) is 4.15. The van der Waals surface area contributed by atoms with Crippen LogP contribution in [-0.4, -0.2) is 5.91 Å². The molecule has 114 valence electrons. The Kier molecular flexibility index (Phi) is 5.77. The Labute approximate surface area is 121 Å². The third-order valence-electron chi connectivity index (χ3n) is 3.24. The molecule has 0 saturated carbocycles. The quantitative estimate of drug-likeness (QED) is 0.802. The number of carbonyl (C=O) groups excluding carboxylic acids is 1. The first-order chi connectivity index (χ1) is 9.90. The number of nitrogens with zero attached hydrogens (tertiary/aromatic N) is 1. The number of rotatable bonds is 6. The highest BCUT2D eigenvalue weighted by atomic mass is 19.2. The van der Waals surface area contributed by atoms with Crippen LogP contribution in [0.3, 0.4) is 0 Å². The molecular weight excluding hydrogens is 281 g/mol. The first-order valence-electron chi connectivity index (χ1n) is 6.77. The number of hydrogen-bond acceptors (Lipinski definition) is 2. The van der Waals surface area contributed by atoms with E-state index in [4.69, 9.17) is 0 Å². The van der Waals surface area contributed by atoms with Gasteiger partial charge in [0.05, 0.1) is 6.07 Å². The molecular formula is C15H17F3N2O. The molecule has 0 spiro atoms. The van der Waals surface area contributed by atoms with Gasteiger partial charge in [-0.15, -0.1) is 0 Å². The van der Waals surface area contributed by atoms with Crippen molar-refractivity contribution < 1.29 is 18.0 Å². The summed E-state index contributed by atoms with van der Waals surface area (Å²) < 4.78 is 39.1. The summed E-state index contributed by atoms with van der Waals surface area (Å²) in [5.41, 5.74) is -1.45. The Bertz CT molecular complexity index is 538. The van der Waals surface area contributed by atoms with Gasteiger partial charge in [-0.3, -0.25) is 4.79 Å². The molecule has 1 N–H and O–H groups in total. The second-order valence-corrected chi connectivity index (χ2v) is 4.90. The third kappa shape index (κ3) is 3.75. The zero-order chi connectivity index (χ0) is 16.0. The van der Waals surface area contributed by atoms with Crippen LogP contribution >= 0.6 is 0 Å². The number of benzene rings is 1. The molecule has 1 amide bonds. The number of nitriles is 1. The van der Waals surface area contributed by atoms with Crippen LogP contribution < -0.4 is 5.32 Å². The van der Waals surface area contributed by atoms with E-state index in [-0.39, 0.29) is 5.69 Å². The van der Waals surface area contributed by atoms with Crippen molar-refractivity contribution in [1.82, 2.24) is 0 Å². The van der Waals surface area contributed by atoms with Crippen LogP contribution in [0.1, 0.15) is 39.5 Å². The van der Waals surface area contributed by atoms with Crippen molar-refractivity contribution in [1.29, 1.82) is 5.26 Å². The van der Waals surface area contributed by atoms with Gasteiger partial charge in [0.15, 0.2) is 17.5 Å². The van der Waals surface area contributed by atoms with Gasteiger partial charge in [0.25, 0.3) is 0 Å². The van der Waals surface area contributed by atoms with E-state index in [1.54, 1.807) is 0 Å². The summed E-state index contributed by atoms with van der Waals surface area (Å²) in [4.78, 5) is 12.3. The van der Waals surface area contributed by atoms with Crippen molar-refractivity contribution in [2.45, 2.75) is 39.5 Å². The Hall–Kier alpha value is -2.03. The highest BCUT2D eigenvalue weighted by molar-refractivity contribution is 5.97. The van der Waals surface area contributed by atoms with Gasteiger partial charge in [-0.25, -0.2) is 13.2 Å².